The van der Waals surface area contributed by atoms with Crippen molar-refractivity contribution in [1.82, 2.24) is 15.2 Å². The van der Waals surface area contributed by atoms with Gasteiger partial charge in [0, 0.05) is 17.5 Å². The van der Waals surface area contributed by atoms with E-state index in [1.165, 1.54) is 22.7 Å². The van der Waals surface area contributed by atoms with E-state index in [1.807, 2.05) is 60.7 Å². The van der Waals surface area contributed by atoms with Crippen molar-refractivity contribution in [3.63, 3.8) is 0 Å². The molecule has 4 aromatic rings. The van der Waals surface area contributed by atoms with Gasteiger partial charge in [-0.15, -0.1) is 21.5 Å². The summed E-state index contributed by atoms with van der Waals surface area (Å²) >= 11 is 2.80. The quantitative estimate of drug-likeness (QED) is 0.457. The number of rotatable bonds is 6. The number of anilines is 1. The Balaban J connectivity index is 1.69. The largest absolute Gasteiger partial charge is 0.296 e. The number of nitrogens with zero attached hydrogens (tertiary/aromatic N) is 3. The molecule has 0 saturated heterocycles. The molecule has 0 spiro atoms. The Morgan fingerprint density at radius 3 is 2.29 bits per heavy atom. The van der Waals surface area contributed by atoms with Crippen molar-refractivity contribution in [3.8, 4) is 21.8 Å². The van der Waals surface area contributed by atoms with Crippen LogP contribution in [0.2, 0.25) is 0 Å². The molecule has 0 aliphatic heterocycles. The van der Waals surface area contributed by atoms with Crippen molar-refractivity contribution in [3.05, 3.63) is 70.5 Å². The molecule has 0 saturated carbocycles. The molecule has 2 aromatic carbocycles. The van der Waals surface area contributed by atoms with Crippen molar-refractivity contribution >= 4 is 33.7 Å². The molecule has 1 amide bonds. The molecule has 0 bridgehead atoms. The van der Waals surface area contributed by atoms with Crippen molar-refractivity contribution in [2.24, 2.45) is 0 Å². The van der Waals surface area contributed by atoms with Crippen LogP contribution in [0.4, 0.5) is 5.13 Å². The molecular formula is C21H18N4OS2. The number of hydrogen-bond acceptors (Lipinski definition) is 6. The van der Waals surface area contributed by atoms with Gasteiger partial charge in [0.1, 0.15) is 14.9 Å². The number of carbonyl (C=O) groups excluding carboxylic acids is 1. The molecule has 0 radical (unpaired) electrons. The highest BCUT2D eigenvalue weighted by atomic mass is 32.1. The monoisotopic (exact) mass is 406 g/mol. The number of amides is 1. The summed E-state index contributed by atoms with van der Waals surface area (Å²) in [6, 6.07) is 19.7. The third-order valence-electron chi connectivity index (χ3n) is 4.05. The summed E-state index contributed by atoms with van der Waals surface area (Å²) in [5.41, 5.74) is 2.58. The molecule has 7 heteroatoms. The molecule has 0 aliphatic rings. The number of carbonyl (C=O) groups is 1. The van der Waals surface area contributed by atoms with E-state index in [9.17, 15) is 4.79 Å². The van der Waals surface area contributed by atoms with Gasteiger partial charge in [-0.2, -0.15) is 0 Å². The van der Waals surface area contributed by atoms with Crippen LogP contribution in [0.1, 0.15) is 28.0 Å². The molecule has 2 heterocycles. The Hall–Kier alpha value is -2.90. The highest BCUT2D eigenvalue weighted by Gasteiger charge is 2.21. The van der Waals surface area contributed by atoms with Gasteiger partial charge in [-0.1, -0.05) is 78.9 Å². The van der Waals surface area contributed by atoms with Crippen LogP contribution in [0.25, 0.3) is 21.8 Å². The summed E-state index contributed by atoms with van der Waals surface area (Å²) in [6.45, 7) is 2.09. The summed E-state index contributed by atoms with van der Waals surface area (Å²) in [4.78, 5) is 18.4. The second-order valence-corrected chi connectivity index (χ2v) is 8.20. The van der Waals surface area contributed by atoms with E-state index in [-0.39, 0.29) is 5.91 Å². The zero-order valence-corrected chi connectivity index (χ0v) is 16.9. The lowest BCUT2D eigenvalue weighted by atomic mass is 10.1. The Bertz CT molecular complexity index is 1070. The van der Waals surface area contributed by atoms with E-state index in [0.717, 1.165) is 34.0 Å². The van der Waals surface area contributed by atoms with Gasteiger partial charge in [0.2, 0.25) is 5.13 Å². The first kappa shape index (κ1) is 18.5. The predicted molar refractivity (Wildman–Crippen MR) is 115 cm³/mol. The number of hydrogen-bond donors (Lipinski definition) is 1. The van der Waals surface area contributed by atoms with E-state index in [1.54, 1.807) is 0 Å². The minimum atomic E-state index is -0.210. The van der Waals surface area contributed by atoms with Gasteiger partial charge in [0.25, 0.3) is 5.91 Å². The van der Waals surface area contributed by atoms with E-state index in [0.29, 0.717) is 15.7 Å². The lowest BCUT2D eigenvalue weighted by Gasteiger charge is -2.02. The first-order valence-electron chi connectivity index (χ1n) is 9.00. The Kier molecular flexibility index (Phi) is 5.55. The normalized spacial score (nSPS) is 10.8. The fourth-order valence-electron chi connectivity index (χ4n) is 2.74. The predicted octanol–water partition coefficient (Wildman–Crippen LogP) is 5.53. The summed E-state index contributed by atoms with van der Waals surface area (Å²) in [5, 5.41) is 13.4. The second kappa shape index (κ2) is 8.41. The molecule has 0 atom stereocenters. The number of nitrogens with one attached hydrogen (secondary N) is 1. The molecule has 140 valence electrons. The van der Waals surface area contributed by atoms with Crippen molar-refractivity contribution < 1.29 is 4.79 Å². The molecule has 2 aromatic heterocycles. The number of aryl methyl sites for hydroxylation is 1. The highest BCUT2D eigenvalue weighted by Crippen LogP contribution is 2.34. The zero-order chi connectivity index (χ0) is 19.3. The lowest BCUT2D eigenvalue weighted by molar-refractivity contribution is 0.103. The smallest absolute Gasteiger partial charge is 0.269 e. The van der Waals surface area contributed by atoms with Gasteiger partial charge in [0.15, 0.2) is 0 Å². The Morgan fingerprint density at radius 1 is 0.929 bits per heavy atom. The SMILES string of the molecule is CCCc1nnc(NC(=O)c2sc(-c3ccccc3)nc2-c2ccccc2)s1. The maximum Gasteiger partial charge on any atom is 0.269 e. The van der Waals surface area contributed by atoms with Crippen LogP contribution in [0.5, 0.6) is 0 Å². The van der Waals surface area contributed by atoms with Gasteiger partial charge in [-0.05, 0) is 6.42 Å². The average molecular weight is 407 g/mol. The van der Waals surface area contributed by atoms with Crippen LogP contribution in [0.15, 0.2) is 60.7 Å². The van der Waals surface area contributed by atoms with Crippen molar-refractivity contribution in [1.29, 1.82) is 0 Å². The minimum absolute atomic E-state index is 0.210. The molecule has 0 unspecified atom stereocenters. The lowest BCUT2D eigenvalue weighted by Crippen LogP contribution is -2.11. The number of thiazole rings is 1. The van der Waals surface area contributed by atoms with Gasteiger partial charge in [-0.3, -0.25) is 10.1 Å². The number of benzene rings is 2. The molecule has 28 heavy (non-hydrogen) atoms. The van der Waals surface area contributed by atoms with E-state index in [4.69, 9.17) is 4.98 Å². The van der Waals surface area contributed by atoms with Crippen molar-refractivity contribution in [2.75, 3.05) is 5.32 Å². The first-order chi connectivity index (χ1) is 13.7. The second-order valence-electron chi connectivity index (χ2n) is 6.13. The van der Waals surface area contributed by atoms with Crippen LogP contribution in [0, 0.1) is 0 Å². The molecule has 5 nitrogen and oxygen atoms in total. The molecular weight excluding hydrogens is 388 g/mol. The average Bonchev–Trinajstić information content (AvgIpc) is 3.37. The fourth-order valence-corrected chi connectivity index (χ4v) is 4.57. The molecule has 1 N–H and O–H groups in total. The highest BCUT2D eigenvalue weighted by molar-refractivity contribution is 7.18. The van der Waals surface area contributed by atoms with Gasteiger partial charge < -0.3 is 0 Å². The molecule has 0 fully saturated rings. The van der Waals surface area contributed by atoms with Crippen LogP contribution in [-0.4, -0.2) is 21.1 Å². The summed E-state index contributed by atoms with van der Waals surface area (Å²) in [6.07, 6.45) is 1.86. The topological polar surface area (TPSA) is 67.8 Å². The summed E-state index contributed by atoms with van der Waals surface area (Å²) in [7, 11) is 0. The first-order valence-corrected chi connectivity index (χ1v) is 10.6. The van der Waals surface area contributed by atoms with Gasteiger partial charge >= 0.3 is 0 Å². The van der Waals surface area contributed by atoms with E-state index >= 15 is 0 Å². The fraction of sp³-hybridized carbons (Fsp3) is 0.143. The standard InChI is InChI=1S/C21H18N4OS2/c1-2-9-16-24-25-21(27-16)23-19(26)18-17(14-10-5-3-6-11-14)22-20(28-18)15-12-7-4-8-13-15/h3-8,10-13H,2,9H2,1H3,(H,23,25,26). The Labute approximate surface area is 171 Å². The van der Waals surface area contributed by atoms with E-state index < -0.39 is 0 Å². The van der Waals surface area contributed by atoms with Gasteiger partial charge in [-0.25, -0.2) is 4.98 Å². The summed E-state index contributed by atoms with van der Waals surface area (Å²) < 4.78 is 0. The Morgan fingerprint density at radius 2 is 1.61 bits per heavy atom. The zero-order valence-electron chi connectivity index (χ0n) is 15.3. The number of aromatic nitrogens is 3. The maximum atomic E-state index is 13.0. The van der Waals surface area contributed by atoms with Crippen LogP contribution in [-0.2, 0) is 6.42 Å². The third kappa shape index (κ3) is 4.00. The van der Waals surface area contributed by atoms with Crippen LogP contribution in [0.3, 0.4) is 0 Å². The minimum Gasteiger partial charge on any atom is -0.296 e. The molecule has 4 rings (SSSR count). The van der Waals surface area contributed by atoms with Crippen LogP contribution >= 0.6 is 22.7 Å². The van der Waals surface area contributed by atoms with Crippen molar-refractivity contribution in [2.45, 2.75) is 19.8 Å². The van der Waals surface area contributed by atoms with Gasteiger partial charge in [0.05, 0.1) is 5.69 Å². The third-order valence-corrected chi connectivity index (χ3v) is 6.05. The summed E-state index contributed by atoms with van der Waals surface area (Å²) in [5.74, 6) is -0.210. The molecule has 0 aliphatic carbocycles. The van der Waals surface area contributed by atoms with E-state index in [2.05, 4.69) is 22.4 Å². The maximum absolute atomic E-state index is 13.0. The van der Waals surface area contributed by atoms with Crippen LogP contribution < -0.4 is 5.32 Å².